The summed E-state index contributed by atoms with van der Waals surface area (Å²) in [6.07, 6.45) is 0. The number of methoxy groups -OCH3 is 1. The van der Waals surface area contributed by atoms with E-state index >= 15 is 0 Å². The third kappa shape index (κ3) is 4.88. The summed E-state index contributed by atoms with van der Waals surface area (Å²) in [5, 5.41) is 3.54. The first-order valence-electron chi connectivity index (χ1n) is 7.22. The molecule has 0 radical (unpaired) electrons. The molecule has 0 fully saturated rings. The molecule has 2 rings (SSSR count). The van der Waals surface area contributed by atoms with Crippen LogP contribution in [0.15, 0.2) is 48.5 Å². The Morgan fingerprint density at radius 3 is 2.52 bits per heavy atom. The lowest BCUT2D eigenvalue weighted by Crippen LogP contribution is -2.12. The minimum absolute atomic E-state index is 0.658. The van der Waals surface area contributed by atoms with Crippen LogP contribution < -0.4 is 5.32 Å². The van der Waals surface area contributed by atoms with Gasteiger partial charge in [-0.05, 0) is 36.9 Å². The lowest BCUT2D eigenvalue weighted by atomic mass is 10.1. The molecule has 112 valence electrons. The van der Waals surface area contributed by atoms with Gasteiger partial charge in [0.2, 0.25) is 0 Å². The molecule has 21 heavy (non-hydrogen) atoms. The van der Waals surface area contributed by atoms with E-state index in [9.17, 15) is 0 Å². The van der Waals surface area contributed by atoms with E-state index in [-0.39, 0.29) is 0 Å². The lowest BCUT2D eigenvalue weighted by molar-refractivity contribution is 0.185. The Labute approximate surface area is 127 Å². The van der Waals surface area contributed by atoms with Gasteiger partial charge in [-0.15, -0.1) is 0 Å². The molecule has 0 amide bonds. The van der Waals surface area contributed by atoms with Gasteiger partial charge in [-0.2, -0.15) is 0 Å². The molecule has 0 unspecified atom stereocenters. The van der Waals surface area contributed by atoms with E-state index in [1.165, 1.54) is 22.4 Å². The number of hydrogen-bond donors (Lipinski definition) is 1. The van der Waals surface area contributed by atoms with Crippen molar-refractivity contribution in [3.8, 4) is 0 Å². The van der Waals surface area contributed by atoms with Gasteiger partial charge in [0.05, 0.1) is 6.61 Å². The zero-order valence-corrected chi connectivity index (χ0v) is 13.1. The van der Waals surface area contributed by atoms with Crippen molar-refractivity contribution >= 4 is 5.69 Å². The lowest BCUT2D eigenvalue weighted by Gasteiger charge is -2.15. The minimum atomic E-state index is 0.658. The maximum Gasteiger partial charge on any atom is 0.0713 e. The number of hydrogen-bond acceptors (Lipinski definition) is 3. The fourth-order valence-corrected chi connectivity index (χ4v) is 2.36. The van der Waals surface area contributed by atoms with Crippen molar-refractivity contribution in [1.29, 1.82) is 0 Å². The Bertz CT molecular complexity index is 567. The molecule has 3 nitrogen and oxygen atoms in total. The van der Waals surface area contributed by atoms with Crippen molar-refractivity contribution in [2.24, 2.45) is 0 Å². The molecular formula is C18H24N2O. The second kappa shape index (κ2) is 7.81. The van der Waals surface area contributed by atoms with Gasteiger partial charge in [-0.1, -0.05) is 42.5 Å². The highest BCUT2D eigenvalue weighted by Crippen LogP contribution is 2.17. The van der Waals surface area contributed by atoms with E-state index in [0.29, 0.717) is 6.61 Å². The third-order valence-electron chi connectivity index (χ3n) is 3.29. The van der Waals surface area contributed by atoms with Gasteiger partial charge in [0.1, 0.15) is 0 Å². The smallest absolute Gasteiger partial charge is 0.0713 e. The first kappa shape index (κ1) is 15.5. The summed E-state index contributed by atoms with van der Waals surface area (Å²) in [7, 11) is 5.90. The van der Waals surface area contributed by atoms with Crippen molar-refractivity contribution in [3.63, 3.8) is 0 Å². The molecule has 0 aliphatic heterocycles. The van der Waals surface area contributed by atoms with Crippen LogP contribution in [0.3, 0.4) is 0 Å². The number of ether oxygens (including phenoxy) is 1. The fraction of sp³-hybridized carbons (Fsp3) is 0.333. The second-order valence-corrected chi connectivity index (χ2v) is 5.50. The predicted molar refractivity (Wildman–Crippen MR) is 88.3 cm³/mol. The third-order valence-corrected chi connectivity index (χ3v) is 3.29. The molecule has 0 aromatic heterocycles. The van der Waals surface area contributed by atoms with Gasteiger partial charge in [0.15, 0.2) is 0 Å². The van der Waals surface area contributed by atoms with Crippen LogP contribution in [0.5, 0.6) is 0 Å². The molecule has 0 aliphatic rings. The molecule has 0 bridgehead atoms. The highest BCUT2D eigenvalue weighted by atomic mass is 16.5. The summed E-state index contributed by atoms with van der Waals surface area (Å²) in [6.45, 7) is 2.42. The van der Waals surface area contributed by atoms with Crippen molar-refractivity contribution < 1.29 is 4.74 Å². The molecule has 0 aliphatic carbocycles. The average Bonchev–Trinajstić information content (AvgIpc) is 2.47. The molecule has 2 aromatic rings. The van der Waals surface area contributed by atoms with Crippen LogP contribution in [-0.4, -0.2) is 26.1 Å². The highest BCUT2D eigenvalue weighted by Gasteiger charge is 2.03. The monoisotopic (exact) mass is 284 g/mol. The summed E-state index contributed by atoms with van der Waals surface area (Å²) in [5.74, 6) is 0. The number of benzene rings is 2. The highest BCUT2D eigenvalue weighted by molar-refractivity contribution is 5.51. The summed E-state index contributed by atoms with van der Waals surface area (Å²) in [5.41, 5.74) is 4.99. The molecule has 0 saturated carbocycles. The summed E-state index contributed by atoms with van der Waals surface area (Å²) in [6, 6.07) is 17.0. The Hall–Kier alpha value is -1.84. The summed E-state index contributed by atoms with van der Waals surface area (Å²) >= 11 is 0. The van der Waals surface area contributed by atoms with Gasteiger partial charge >= 0.3 is 0 Å². The first-order chi connectivity index (χ1) is 10.2. The summed E-state index contributed by atoms with van der Waals surface area (Å²) < 4.78 is 5.18. The van der Waals surface area contributed by atoms with Gasteiger partial charge < -0.3 is 15.0 Å². The molecule has 0 heterocycles. The van der Waals surface area contributed by atoms with Crippen LogP contribution in [0.2, 0.25) is 0 Å². The molecule has 2 aromatic carbocycles. The van der Waals surface area contributed by atoms with Gasteiger partial charge in [0.25, 0.3) is 0 Å². The van der Waals surface area contributed by atoms with E-state index < -0.39 is 0 Å². The average molecular weight is 284 g/mol. The first-order valence-corrected chi connectivity index (χ1v) is 7.22. The fourth-order valence-electron chi connectivity index (χ4n) is 2.36. The molecule has 1 N–H and O–H groups in total. The Morgan fingerprint density at radius 2 is 1.76 bits per heavy atom. The molecule has 0 spiro atoms. The minimum Gasteiger partial charge on any atom is -0.381 e. The maximum atomic E-state index is 5.18. The van der Waals surface area contributed by atoms with Crippen LogP contribution >= 0.6 is 0 Å². The number of nitrogens with one attached hydrogen (secondary N) is 1. The molecular weight excluding hydrogens is 260 g/mol. The summed E-state index contributed by atoms with van der Waals surface area (Å²) in [4.78, 5) is 2.18. The van der Waals surface area contributed by atoms with E-state index in [1.54, 1.807) is 7.11 Å². The van der Waals surface area contributed by atoms with E-state index in [0.717, 1.165) is 13.1 Å². The van der Waals surface area contributed by atoms with Crippen molar-refractivity contribution in [3.05, 3.63) is 65.2 Å². The number of anilines is 1. The Balaban J connectivity index is 2.04. The standard InChI is InChI=1S/C18H24N2O/c1-20(2)13-17-9-4-5-10-18(17)19-12-15-7-6-8-16(11-15)14-21-3/h4-11,19H,12-14H2,1-3H3. The Morgan fingerprint density at radius 1 is 1.00 bits per heavy atom. The van der Waals surface area contributed by atoms with Crippen LogP contribution in [-0.2, 0) is 24.4 Å². The zero-order valence-electron chi connectivity index (χ0n) is 13.1. The molecule has 3 heteroatoms. The number of nitrogens with zero attached hydrogens (tertiary/aromatic N) is 1. The Kier molecular flexibility index (Phi) is 5.78. The van der Waals surface area contributed by atoms with Gasteiger partial charge in [0, 0.05) is 25.9 Å². The number of rotatable bonds is 7. The second-order valence-electron chi connectivity index (χ2n) is 5.50. The van der Waals surface area contributed by atoms with E-state index in [4.69, 9.17) is 4.74 Å². The van der Waals surface area contributed by atoms with Crippen molar-refractivity contribution in [2.45, 2.75) is 19.7 Å². The molecule has 0 atom stereocenters. The maximum absolute atomic E-state index is 5.18. The molecule has 0 saturated heterocycles. The quantitative estimate of drug-likeness (QED) is 0.842. The van der Waals surface area contributed by atoms with Crippen LogP contribution in [0.1, 0.15) is 16.7 Å². The zero-order chi connectivity index (χ0) is 15.1. The van der Waals surface area contributed by atoms with Gasteiger partial charge in [-0.25, -0.2) is 0 Å². The van der Waals surface area contributed by atoms with Crippen LogP contribution in [0, 0.1) is 0 Å². The van der Waals surface area contributed by atoms with Crippen LogP contribution in [0.25, 0.3) is 0 Å². The normalized spacial score (nSPS) is 10.9. The SMILES string of the molecule is COCc1cccc(CNc2ccccc2CN(C)C)c1. The topological polar surface area (TPSA) is 24.5 Å². The van der Waals surface area contributed by atoms with Gasteiger partial charge in [-0.3, -0.25) is 0 Å². The van der Waals surface area contributed by atoms with Crippen LogP contribution in [0.4, 0.5) is 5.69 Å². The predicted octanol–water partition coefficient (Wildman–Crippen LogP) is 3.51. The van der Waals surface area contributed by atoms with E-state index in [1.807, 2.05) is 0 Å². The number of para-hydroxylation sites is 1. The largest absolute Gasteiger partial charge is 0.381 e. The van der Waals surface area contributed by atoms with Crippen molar-refractivity contribution in [2.75, 3.05) is 26.5 Å². The van der Waals surface area contributed by atoms with E-state index in [2.05, 4.69) is 72.8 Å². The van der Waals surface area contributed by atoms with Crippen molar-refractivity contribution in [1.82, 2.24) is 4.90 Å².